The van der Waals surface area contributed by atoms with E-state index in [1.807, 2.05) is 103 Å². The van der Waals surface area contributed by atoms with Gasteiger partial charge in [0.2, 0.25) is 0 Å². The summed E-state index contributed by atoms with van der Waals surface area (Å²) in [7, 11) is 1.38. The van der Waals surface area contributed by atoms with Crippen LogP contribution in [0.25, 0.3) is 5.69 Å². The van der Waals surface area contributed by atoms with Crippen LogP contribution < -0.4 is 10.2 Å². The summed E-state index contributed by atoms with van der Waals surface area (Å²) in [6.45, 7) is 2.00. The van der Waals surface area contributed by atoms with Crippen molar-refractivity contribution in [1.82, 2.24) is 9.78 Å². The molecule has 1 atom stereocenters. The molecule has 1 N–H and O–H groups in total. The van der Waals surface area contributed by atoms with E-state index in [9.17, 15) is 4.79 Å². The van der Waals surface area contributed by atoms with Gasteiger partial charge in [0.15, 0.2) is 17.5 Å². The van der Waals surface area contributed by atoms with Gasteiger partial charge in [-0.2, -0.15) is 5.10 Å². The molecule has 0 bridgehead atoms. The molecule has 5 aromatic rings. The fourth-order valence-corrected chi connectivity index (χ4v) is 5.67. The molecule has 0 saturated heterocycles. The predicted molar refractivity (Wildman–Crippen MR) is 166 cm³/mol. The van der Waals surface area contributed by atoms with E-state index in [-0.39, 0.29) is 12.0 Å². The standard InChI is InChI=1S/C33H25ClN6O2/c1-20-28-29(21-15-17-22(18-16-21)33(41)42-2)39-27-14-7-6-13-26(27)36-30(35-24-10-8-9-23(34)19-24)32(39)37-31(28)40(38-20)25-11-4-3-5-12-25/h3-19,29H,1-2H3,(H,35,36)/t29-/m0/s1. The first-order chi connectivity index (χ1) is 20.5. The number of esters is 1. The largest absolute Gasteiger partial charge is 0.465 e. The van der Waals surface area contributed by atoms with Crippen molar-refractivity contribution in [2.45, 2.75) is 13.0 Å². The lowest BCUT2D eigenvalue weighted by Gasteiger charge is -2.40. The third-order valence-corrected chi connectivity index (χ3v) is 7.61. The van der Waals surface area contributed by atoms with Gasteiger partial charge in [0.05, 0.1) is 41.5 Å². The second kappa shape index (κ2) is 10.3. The molecule has 0 amide bonds. The van der Waals surface area contributed by atoms with Crippen molar-refractivity contribution < 1.29 is 9.53 Å². The monoisotopic (exact) mass is 572 g/mol. The number of fused-ring (bicyclic) bond motifs is 4. The second-order valence-corrected chi connectivity index (χ2v) is 10.4. The SMILES string of the molecule is COC(=O)c1ccc([C@H]2c3c(C)nn(-c4ccccc4)c3N=C3C(Nc4cccc(Cl)c4)=Nc4ccccc4N32)cc1. The lowest BCUT2D eigenvalue weighted by Crippen LogP contribution is -2.46. The molecule has 0 spiro atoms. The Bertz CT molecular complexity index is 1900. The quantitative estimate of drug-likeness (QED) is 0.227. The summed E-state index contributed by atoms with van der Waals surface area (Å²) in [6, 6.07) is 32.6. The van der Waals surface area contributed by atoms with Crippen molar-refractivity contribution in [3.8, 4) is 5.69 Å². The van der Waals surface area contributed by atoms with E-state index >= 15 is 0 Å². The number of benzene rings is 4. The number of hydrogen-bond acceptors (Lipinski definition) is 7. The van der Waals surface area contributed by atoms with Crippen molar-refractivity contribution >= 4 is 52.1 Å². The van der Waals surface area contributed by atoms with E-state index in [4.69, 9.17) is 31.4 Å². The number of aliphatic imine (C=N–C) groups is 2. The fourth-order valence-electron chi connectivity index (χ4n) is 5.48. The zero-order valence-electron chi connectivity index (χ0n) is 22.8. The number of aromatic nitrogens is 2. The molecule has 0 fully saturated rings. The summed E-state index contributed by atoms with van der Waals surface area (Å²) >= 11 is 6.32. The minimum absolute atomic E-state index is 0.315. The highest BCUT2D eigenvalue weighted by Gasteiger charge is 2.41. The van der Waals surface area contributed by atoms with E-state index in [2.05, 4.69) is 10.2 Å². The molecule has 7 rings (SSSR count). The number of nitrogens with one attached hydrogen (secondary N) is 1. The predicted octanol–water partition coefficient (Wildman–Crippen LogP) is 7.42. The van der Waals surface area contributed by atoms with Crippen LogP contribution in [0.15, 0.2) is 113 Å². The summed E-state index contributed by atoms with van der Waals surface area (Å²) < 4.78 is 6.82. The zero-order chi connectivity index (χ0) is 28.8. The lowest BCUT2D eigenvalue weighted by molar-refractivity contribution is 0.0600. The average Bonchev–Trinajstić information content (AvgIpc) is 3.36. The number of nitrogens with zero attached hydrogens (tertiary/aromatic N) is 5. The Morgan fingerprint density at radius 2 is 1.67 bits per heavy atom. The molecule has 2 aliphatic heterocycles. The number of amidine groups is 2. The lowest BCUT2D eigenvalue weighted by atomic mass is 9.92. The molecule has 0 saturated carbocycles. The van der Waals surface area contributed by atoms with Gasteiger partial charge in [-0.15, -0.1) is 0 Å². The first-order valence-electron chi connectivity index (χ1n) is 13.4. The summed E-state index contributed by atoms with van der Waals surface area (Å²) in [6.07, 6.45) is 0. The van der Waals surface area contributed by atoms with Crippen molar-refractivity contribution in [1.29, 1.82) is 0 Å². The first-order valence-corrected chi connectivity index (χ1v) is 13.8. The smallest absolute Gasteiger partial charge is 0.337 e. The molecule has 8 nitrogen and oxygen atoms in total. The molecule has 2 aliphatic rings. The van der Waals surface area contributed by atoms with Crippen molar-refractivity contribution in [2.24, 2.45) is 9.98 Å². The summed E-state index contributed by atoms with van der Waals surface area (Å²) in [5, 5.41) is 9.04. The maximum atomic E-state index is 12.2. The van der Waals surface area contributed by atoms with Crippen LogP contribution in [0.3, 0.4) is 0 Å². The number of rotatable bonds is 4. The number of halogens is 1. The van der Waals surface area contributed by atoms with Crippen LogP contribution in [-0.2, 0) is 4.74 Å². The number of aryl methyl sites for hydroxylation is 1. The van der Waals surface area contributed by atoms with Gasteiger partial charge in [-0.1, -0.05) is 60.1 Å². The van der Waals surface area contributed by atoms with Gasteiger partial charge < -0.3 is 15.0 Å². The fraction of sp³-hybridized carbons (Fsp3) is 0.0909. The number of para-hydroxylation sites is 3. The number of carbonyl (C=O) groups excluding carboxylic acids is 1. The third kappa shape index (κ3) is 4.33. The second-order valence-electron chi connectivity index (χ2n) is 9.98. The Balaban J connectivity index is 1.47. The molecule has 3 heterocycles. The highest BCUT2D eigenvalue weighted by Crippen LogP contribution is 2.48. The Labute approximate surface area is 247 Å². The topological polar surface area (TPSA) is 84.1 Å². The Morgan fingerprint density at radius 3 is 2.43 bits per heavy atom. The zero-order valence-corrected chi connectivity index (χ0v) is 23.6. The third-order valence-electron chi connectivity index (χ3n) is 7.37. The molecule has 0 unspecified atom stereocenters. The maximum absolute atomic E-state index is 12.2. The molecule has 1 aromatic heterocycles. The van der Waals surface area contributed by atoms with Crippen LogP contribution in [-0.4, -0.2) is 34.5 Å². The molecule has 0 aliphatic carbocycles. The highest BCUT2D eigenvalue weighted by molar-refractivity contribution is 6.51. The molecule has 42 heavy (non-hydrogen) atoms. The highest BCUT2D eigenvalue weighted by atomic mass is 35.5. The number of carbonyl (C=O) groups is 1. The number of hydrogen-bond donors (Lipinski definition) is 1. The van der Waals surface area contributed by atoms with Crippen molar-refractivity contribution in [3.63, 3.8) is 0 Å². The summed E-state index contributed by atoms with van der Waals surface area (Å²) in [4.78, 5) is 24.7. The molecule has 206 valence electrons. The number of anilines is 2. The van der Waals surface area contributed by atoms with E-state index < -0.39 is 0 Å². The van der Waals surface area contributed by atoms with Gasteiger partial charge in [0, 0.05) is 16.3 Å². The number of ether oxygens (including phenoxy) is 1. The van der Waals surface area contributed by atoms with Crippen LogP contribution in [0.4, 0.5) is 22.9 Å². The summed E-state index contributed by atoms with van der Waals surface area (Å²) in [5.74, 6) is 1.55. The van der Waals surface area contributed by atoms with Gasteiger partial charge in [-0.3, -0.25) is 0 Å². The van der Waals surface area contributed by atoms with Gasteiger partial charge in [0.25, 0.3) is 0 Å². The molecule has 4 aromatic carbocycles. The molecule has 0 radical (unpaired) electrons. The van der Waals surface area contributed by atoms with Gasteiger partial charge in [-0.05, 0) is 67.1 Å². The van der Waals surface area contributed by atoms with Crippen LogP contribution in [0.1, 0.15) is 33.2 Å². The minimum atomic E-state index is -0.385. The summed E-state index contributed by atoms with van der Waals surface area (Å²) in [5.41, 5.74) is 6.66. The Kier molecular flexibility index (Phi) is 6.32. The van der Waals surface area contributed by atoms with Crippen LogP contribution >= 0.6 is 11.6 Å². The molecule has 9 heteroatoms. The van der Waals surface area contributed by atoms with Crippen molar-refractivity contribution in [3.05, 3.63) is 131 Å². The van der Waals surface area contributed by atoms with E-state index in [1.165, 1.54) is 7.11 Å². The van der Waals surface area contributed by atoms with Crippen LogP contribution in [0.5, 0.6) is 0 Å². The van der Waals surface area contributed by atoms with Crippen LogP contribution in [0.2, 0.25) is 5.02 Å². The molecular weight excluding hydrogens is 548 g/mol. The number of methoxy groups -OCH3 is 1. The first kappa shape index (κ1) is 25.7. The average molecular weight is 573 g/mol. The van der Waals surface area contributed by atoms with Crippen molar-refractivity contribution in [2.75, 3.05) is 17.3 Å². The Morgan fingerprint density at radius 1 is 0.905 bits per heavy atom. The Hall–Kier alpha value is -5.21. The van der Waals surface area contributed by atoms with E-state index in [0.29, 0.717) is 28.1 Å². The van der Waals surface area contributed by atoms with Crippen LogP contribution in [0, 0.1) is 6.92 Å². The van der Waals surface area contributed by atoms with Gasteiger partial charge >= 0.3 is 5.97 Å². The maximum Gasteiger partial charge on any atom is 0.337 e. The van der Waals surface area contributed by atoms with E-state index in [1.54, 1.807) is 12.1 Å². The van der Waals surface area contributed by atoms with E-state index in [0.717, 1.165) is 39.6 Å². The van der Waals surface area contributed by atoms with Gasteiger partial charge in [0.1, 0.15) is 0 Å². The molecular formula is C33H25ClN6O2. The normalized spacial score (nSPS) is 15.1. The van der Waals surface area contributed by atoms with Gasteiger partial charge in [-0.25, -0.2) is 19.5 Å². The minimum Gasteiger partial charge on any atom is -0.465 e.